The van der Waals surface area contributed by atoms with Gasteiger partial charge in [-0.2, -0.15) is 11.8 Å². The van der Waals surface area contributed by atoms with Crippen LogP contribution in [-0.4, -0.2) is 21.1 Å². The molecule has 1 heterocycles. The van der Waals surface area contributed by atoms with Crippen LogP contribution in [-0.2, 0) is 5.33 Å². The van der Waals surface area contributed by atoms with Gasteiger partial charge in [0, 0.05) is 22.8 Å². The number of thioether (sulfide) groups is 1. The van der Waals surface area contributed by atoms with Crippen molar-refractivity contribution < 1.29 is 0 Å². The number of alkyl halides is 1. The van der Waals surface area contributed by atoms with Crippen LogP contribution in [0.4, 0.5) is 0 Å². The van der Waals surface area contributed by atoms with Crippen LogP contribution in [0.15, 0.2) is 12.5 Å². The molecule has 0 amide bonds. The van der Waals surface area contributed by atoms with Gasteiger partial charge in [0.05, 0.1) is 12.0 Å². The van der Waals surface area contributed by atoms with Crippen LogP contribution in [0.5, 0.6) is 0 Å². The van der Waals surface area contributed by atoms with E-state index in [1.54, 1.807) is 0 Å². The van der Waals surface area contributed by atoms with Gasteiger partial charge in [-0.3, -0.25) is 0 Å². The Morgan fingerprint density at radius 2 is 2.47 bits per heavy atom. The van der Waals surface area contributed by atoms with Crippen LogP contribution in [0.25, 0.3) is 0 Å². The number of hydrogen-bond acceptors (Lipinski definition) is 2. The molecule has 0 saturated heterocycles. The van der Waals surface area contributed by atoms with E-state index in [-0.39, 0.29) is 0 Å². The van der Waals surface area contributed by atoms with E-state index in [4.69, 9.17) is 0 Å². The van der Waals surface area contributed by atoms with Crippen molar-refractivity contribution >= 4 is 27.7 Å². The summed E-state index contributed by atoms with van der Waals surface area (Å²) in [6.07, 6.45) is 11.8. The van der Waals surface area contributed by atoms with Gasteiger partial charge in [0.2, 0.25) is 0 Å². The van der Waals surface area contributed by atoms with Gasteiger partial charge >= 0.3 is 0 Å². The average Bonchev–Trinajstić information content (AvgIpc) is 2.78. The summed E-state index contributed by atoms with van der Waals surface area (Å²) in [5.74, 6) is 0. The molecule has 1 aliphatic rings. The minimum absolute atomic E-state index is 0.677. The third-order valence-electron chi connectivity index (χ3n) is 3.15. The van der Waals surface area contributed by atoms with Crippen molar-refractivity contribution in [1.82, 2.24) is 9.55 Å². The van der Waals surface area contributed by atoms with E-state index in [1.807, 2.05) is 18.1 Å². The molecule has 1 saturated carbocycles. The minimum Gasteiger partial charge on any atom is -0.334 e. The normalized spacial score (nSPS) is 26.8. The van der Waals surface area contributed by atoms with Gasteiger partial charge in [0.1, 0.15) is 0 Å². The summed E-state index contributed by atoms with van der Waals surface area (Å²) >= 11 is 5.45. The Balaban J connectivity index is 2.03. The van der Waals surface area contributed by atoms with Gasteiger partial charge in [-0.1, -0.05) is 22.4 Å². The highest BCUT2D eigenvalue weighted by Crippen LogP contribution is 2.34. The molecule has 0 aliphatic heterocycles. The molecule has 0 bridgehead atoms. The van der Waals surface area contributed by atoms with E-state index in [1.165, 1.54) is 25.7 Å². The maximum atomic E-state index is 4.37. The van der Waals surface area contributed by atoms with Crippen molar-refractivity contribution in [3.63, 3.8) is 0 Å². The maximum Gasteiger partial charge on any atom is 0.0952 e. The lowest BCUT2D eigenvalue weighted by Crippen LogP contribution is -2.19. The van der Waals surface area contributed by atoms with Gasteiger partial charge in [0.25, 0.3) is 0 Å². The van der Waals surface area contributed by atoms with E-state index in [0.717, 1.165) is 16.3 Å². The summed E-state index contributed by atoms with van der Waals surface area (Å²) in [6, 6.07) is 0.677. The monoisotopic (exact) mass is 288 g/mol. The molecule has 15 heavy (non-hydrogen) atoms. The van der Waals surface area contributed by atoms with Crippen molar-refractivity contribution in [3.8, 4) is 0 Å². The standard InChI is InChI=1S/C11H17BrN2S/c1-15-11-4-2-3-10(5-11)14-7-9(6-12)13-8-14/h7-8,10-11H,2-6H2,1H3. The molecule has 2 atom stereocenters. The van der Waals surface area contributed by atoms with E-state index in [0.29, 0.717) is 6.04 Å². The Morgan fingerprint density at radius 1 is 1.60 bits per heavy atom. The number of imidazole rings is 1. The highest BCUT2D eigenvalue weighted by molar-refractivity contribution is 9.08. The Kier molecular flexibility index (Phi) is 4.14. The summed E-state index contributed by atoms with van der Waals surface area (Å²) in [5.41, 5.74) is 1.14. The van der Waals surface area contributed by atoms with Crippen molar-refractivity contribution in [1.29, 1.82) is 0 Å². The zero-order valence-corrected chi connectivity index (χ0v) is 11.4. The molecule has 1 fully saturated rings. The third kappa shape index (κ3) is 2.78. The predicted octanol–water partition coefficient (Wildman–Crippen LogP) is 3.62. The first kappa shape index (κ1) is 11.5. The van der Waals surface area contributed by atoms with Crippen LogP contribution in [0.2, 0.25) is 0 Å². The molecule has 2 rings (SSSR count). The largest absolute Gasteiger partial charge is 0.334 e. The SMILES string of the molecule is CSC1CCCC(n2cnc(CBr)c2)C1. The molecule has 84 valence electrons. The molecule has 1 aromatic rings. The zero-order valence-electron chi connectivity index (χ0n) is 9.03. The fraction of sp³-hybridized carbons (Fsp3) is 0.727. The van der Waals surface area contributed by atoms with Crippen molar-refractivity contribution in [2.24, 2.45) is 0 Å². The summed E-state index contributed by atoms with van der Waals surface area (Å²) in [6.45, 7) is 0. The van der Waals surface area contributed by atoms with Crippen LogP contribution in [0.1, 0.15) is 37.4 Å². The Labute approximate surface area is 104 Å². The van der Waals surface area contributed by atoms with Crippen LogP contribution >= 0.6 is 27.7 Å². The summed E-state index contributed by atoms with van der Waals surface area (Å²) < 4.78 is 2.30. The Morgan fingerprint density at radius 3 is 3.13 bits per heavy atom. The van der Waals surface area contributed by atoms with Crippen LogP contribution < -0.4 is 0 Å². The third-order valence-corrected chi connectivity index (χ3v) is 4.81. The second-order valence-electron chi connectivity index (χ2n) is 4.12. The fourth-order valence-corrected chi connectivity index (χ4v) is 3.36. The zero-order chi connectivity index (χ0) is 10.7. The van der Waals surface area contributed by atoms with Crippen molar-refractivity contribution in [3.05, 3.63) is 18.2 Å². The maximum absolute atomic E-state index is 4.37. The van der Waals surface area contributed by atoms with Gasteiger partial charge < -0.3 is 4.57 Å². The Bertz CT molecular complexity index is 313. The van der Waals surface area contributed by atoms with E-state index < -0.39 is 0 Å². The fourth-order valence-electron chi connectivity index (χ4n) is 2.25. The van der Waals surface area contributed by atoms with Crippen molar-refractivity contribution in [2.45, 2.75) is 42.3 Å². The molecular weight excluding hydrogens is 272 g/mol. The summed E-state index contributed by atoms with van der Waals surface area (Å²) in [7, 11) is 0. The van der Waals surface area contributed by atoms with E-state index >= 15 is 0 Å². The molecule has 2 unspecified atom stereocenters. The highest BCUT2D eigenvalue weighted by atomic mass is 79.9. The molecule has 2 nitrogen and oxygen atoms in total. The van der Waals surface area contributed by atoms with Gasteiger partial charge in [0.15, 0.2) is 0 Å². The molecule has 1 aromatic heterocycles. The number of aromatic nitrogens is 2. The quantitative estimate of drug-likeness (QED) is 0.791. The molecule has 4 heteroatoms. The lowest BCUT2D eigenvalue weighted by Gasteiger charge is -2.28. The predicted molar refractivity (Wildman–Crippen MR) is 69.7 cm³/mol. The average molecular weight is 289 g/mol. The minimum atomic E-state index is 0.677. The second-order valence-corrected chi connectivity index (χ2v) is 5.82. The van der Waals surface area contributed by atoms with Gasteiger partial charge in [-0.05, 0) is 25.5 Å². The molecule has 0 N–H and O–H groups in total. The second kappa shape index (κ2) is 5.39. The molecular formula is C11H17BrN2S. The number of halogens is 1. The molecule has 0 aromatic carbocycles. The first-order chi connectivity index (χ1) is 7.33. The molecule has 0 spiro atoms. The smallest absolute Gasteiger partial charge is 0.0952 e. The van der Waals surface area contributed by atoms with Crippen LogP contribution in [0.3, 0.4) is 0 Å². The first-order valence-corrected chi connectivity index (χ1v) is 7.85. The Hall–Kier alpha value is 0.0400. The lowest BCUT2D eigenvalue weighted by atomic mass is 9.95. The number of nitrogens with zero attached hydrogens (tertiary/aromatic N) is 2. The topological polar surface area (TPSA) is 17.8 Å². The first-order valence-electron chi connectivity index (χ1n) is 5.44. The van der Waals surface area contributed by atoms with Crippen LogP contribution in [0, 0.1) is 0 Å². The van der Waals surface area contributed by atoms with E-state index in [9.17, 15) is 0 Å². The van der Waals surface area contributed by atoms with E-state index in [2.05, 4.69) is 37.9 Å². The summed E-state index contributed by atoms with van der Waals surface area (Å²) in [4.78, 5) is 4.37. The number of hydrogen-bond donors (Lipinski definition) is 0. The summed E-state index contributed by atoms with van der Waals surface area (Å²) in [5, 5.41) is 1.71. The van der Waals surface area contributed by atoms with Crippen molar-refractivity contribution in [2.75, 3.05) is 6.26 Å². The highest BCUT2D eigenvalue weighted by Gasteiger charge is 2.22. The molecule has 1 aliphatic carbocycles. The molecule has 0 radical (unpaired) electrons. The van der Waals surface area contributed by atoms with Gasteiger partial charge in [-0.25, -0.2) is 4.98 Å². The lowest BCUT2D eigenvalue weighted by molar-refractivity contribution is 0.360. The number of rotatable bonds is 3. The van der Waals surface area contributed by atoms with Gasteiger partial charge in [-0.15, -0.1) is 0 Å².